The lowest BCUT2D eigenvalue weighted by Crippen LogP contribution is -2.39. The van der Waals surface area contributed by atoms with E-state index in [4.69, 9.17) is 9.97 Å². The third-order valence-corrected chi connectivity index (χ3v) is 7.05. The van der Waals surface area contributed by atoms with Crippen LogP contribution in [0.3, 0.4) is 0 Å². The van der Waals surface area contributed by atoms with Gasteiger partial charge in [0, 0.05) is 55.2 Å². The van der Waals surface area contributed by atoms with Gasteiger partial charge in [-0.1, -0.05) is 12.1 Å². The van der Waals surface area contributed by atoms with Gasteiger partial charge in [-0.2, -0.15) is 0 Å². The summed E-state index contributed by atoms with van der Waals surface area (Å²) in [5, 5.41) is 0. The second kappa shape index (κ2) is 8.18. The summed E-state index contributed by atoms with van der Waals surface area (Å²) in [4.78, 5) is 20.7. The number of allylic oxidation sites excluding steroid dienone is 1. The van der Waals surface area contributed by atoms with Gasteiger partial charge in [0.1, 0.15) is 5.82 Å². The van der Waals surface area contributed by atoms with Gasteiger partial charge in [0.25, 0.3) is 5.92 Å². The summed E-state index contributed by atoms with van der Waals surface area (Å²) in [7, 11) is 0. The minimum Gasteiger partial charge on any atom is -0.356 e. The van der Waals surface area contributed by atoms with Crippen molar-refractivity contribution >= 4 is 22.4 Å². The summed E-state index contributed by atoms with van der Waals surface area (Å²) < 4.78 is 29.2. The molecule has 0 atom stereocenters. The third kappa shape index (κ3) is 4.04. The molecule has 1 aromatic carbocycles. The lowest BCUT2D eigenvalue weighted by molar-refractivity contribution is -0.0221. The van der Waals surface area contributed by atoms with E-state index in [1.165, 1.54) is 0 Å². The van der Waals surface area contributed by atoms with E-state index in [-0.39, 0.29) is 18.4 Å². The normalized spacial score (nSPS) is 17.4. The molecule has 1 fully saturated rings. The molecule has 6 nitrogen and oxygen atoms in total. The summed E-state index contributed by atoms with van der Waals surface area (Å²) in [6.45, 7) is 7.13. The second-order valence-electron chi connectivity index (χ2n) is 10.6. The zero-order valence-corrected chi connectivity index (χ0v) is 20.7. The van der Waals surface area contributed by atoms with E-state index in [0.29, 0.717) is 18.9 Å². The number of benzene rings is 1. The fraction of sp³-hybridized carbons (Fsp3) is 0.357. The molecule has 0 spiro atoms. The Kier molecular flexibility index (Phi) is 5.17. The molecule has 0 saturated carbocycles. The molecule has 8 heteroatoms. The maximum absolute atomic E-state index is 13.5. The smallest absolute Gasteiger partial charge is 0.251 e. The highest BCUT2D eigenvalue weighted by molar-refractivity contribution is 5.88. The Labute approximate surface area is 208 Å². The van der Waals surface area contributed by atoms with Crippen LogP contribution >= 0.6 is 0 Å². The topological polar surface area (TPSA) is 59.7 Å². The van der Waals surface area contributed by atoms with Crippen LogP contribution in [0.4, 0.5) is 14.6 Å². The monoisotopic (exact) mass is 486 g/mol. The van der Waals surface area contributed by atoms with Crippen LogP contribution in [0.2, 0.25) is 0 Å². The molecular weight excluding hydrogens is 458 g/mol. The van der Waals surface area contributed by atoms with Crippen molar-refractivity contribution in [2.45, 2.75) is 51.5 Å². The second-order valence-corrected chi connectivity index (χ2v) is 10.6. The van der Waals surface area contributed by atoms with Crippen molar-refractivity contribution in [3.05, 3.63) is 72.1 Å². The van der Waals surface area contributed by atoms with Gasteiger partial charge in [-0.25, -0.2) is 23.7 Å². The summed E-state index contributed by atoms with van der Waals surface area (Å²) in [5.41, 5.74) is 7.58. The highest BCUT2D eigenvalue weighted by Crippen LogP contribution is 2.35. The van der Waals surface area contributed by atoms with E-state index in [9.17, 15) is 8.78 Å². The molecule has 184 valence electrons. The molecule has 36 heavy (non-hydrogen) atoms. The minimum absolute atomic E-state index is 0.0729. The fourth-order valence-corrected chi connectivity index (χ4v) is 4.97. The summed E-state index contributed by atoms with van der Waals surface area (Å²) in [5.74, 6) is -1.86. The number of alkyl halides is 2. The van der Waals surface area contributed by atoms with Gasteiger partial charge in [0.05, 0.1) is 40.6 Å². The zero-order chi connectivity index (χ0) is 25.1. The quantitative estimate of drug-likeness (QED) is 0.363. The number of hydrogen-bond acceptors (Lipinski definition) is 5. The number of imidazole rings is 1. The molecule has 1 aliphatic carbocycles. The fourth-order valence-electron chi connectivity index (χ4n) is 4.97. The Morgan fingerprint density at radius 2 is 1.69 bits per heavy atom. The first-order valence-electron chi connectivity index (χ1n) is 12.3. The molecule has 4 aromatic rings. The van der Waals surface area contributed by atoms with E-state index in [2.05, 4.69) is 59.6 Å². The van der Waals surface area contributed by atoms with Gasteiger partial charge >= 0.3 is 0 Å². The minimum atomic E-state index is -2.57. The Morgan fingerprint density at radius 1 is 0.917 bits per heavy atom. The number of pyridine rings is 1. The maximum Gasteiger partial charge on any atom is 0.251 e. The Morgan fingerprint density at radius 3 is 2.42 bits per heavy atom. The third-order valence-electron chi connectivity index (χ3n) is 7.05. The number of anilines is 1. The molecule has 0 amide bonds. The summed E-state index contributed by atoms with van der Waals surface area (Å²) in [6.07, 6.45) is 8.09. The van der Waals surface area contributed by atoms with Crippen molar-refractivity contribution in [3.63, 3.8) is 0 Å². The number of rotatable bonds is 3. The predicted molar refractivity (Wildman–Crippen MR) is 137 cm³/mol. The van der Waals surface area contributed by atoms with Crippen LogP contribution in [0.15, 0.2) is 55.1 Å². The van der Waals surface area contributed by atoms with Crippen LogP contribution in [0, 0.1) is 0 Å². The standard InChI is InChI=1S/C28H28F2N6/c1-27(2,3)36-17-33-21-7-4-18(14-24(21)36)20-6-8-22-26(20)34-23(16-31-22)19-5-9-25(32-15-19)35-12-10-28(29,30)11-13-35/h4-7,9,14-17H,8,10-13H2,1-3H3. The number of piperidine rings is 1. The summed E-state index contributed by atoms with van der Waals surface area (Å²) in [6, 6.07) is 10.2. The van der Waals surface area contributed by atoms with E-state index in [1.807, 2.05) is 23.4 Å². The van der Waals surface area contributed by atoms with Crippen LogP contribution in [0.5, 0.6) is 0 Å². The van der Waals surface area contributed by atoms with Crippen LogP contribution in [-0.4, -0.2) is 43.5 Å². The molecule has 1 saturated heterocycles. The van der Waals surface area contributed by atoms with Gasteiger partial charge in [0.2, 0.25) is 0 Å². The van der Waals surface area contributed by atoms with E-state index in [1.54, 1.807) is 12.4 Å². The van der Waals surface area contributed by atoms with Crippen LogP contribution in [0.1, 0.15) is 50.6 Å². The Balaban J connectivity index is 1.29. The van der Waals surface area contributed by atoms with Crippen LogP contribution < -0.4 is 4.90 Å². The van der Waals surface area contributed by atoms with Crippen LogP contribution in [-0.2, 0) is 12.0 Å². The van der Waals surface area contributed by atoms with Gasteiger partial charge in [-0.15, -0.1) is 0 Å². The van der Waals surface area contributed by atoms with E-state index in [0.717, 1.165) is 51.2 Å². The van der Waals surface area contributed by atoms with Gasteiger partial charge in [-0.05, 0) is 50.6 Å². The molecule has 0 radical (unpaired) electrons. The van der Waals surface area contributed by atoms with E-state index >= 15 is 0 Å². The van der Waals surface area contributed by atoms with Crippen molar-refractivity contribution in [2.24, 2.45) is 0 Å². The summed E-state index contributed by atoms with van der Waals surface area (Å²) >= 11 is 0. The molecule has 1 aliphatic heterocycles. The van der Waals surface area contributed by atoms with Crippen molar-refractivity contribution in [3.8, 4) is 11.3 Å². The predicted octanol–water partition coefficient (Wildman–Crippen LogP) is 5.87. The lowest BCUT2D eigenvalue weighted by Gasteiger charge is -2.32. The average molecular weight is 487 g/mol. The Hall–Kier alpha value is -3.68. The van der Waals surface area contributed by atoms with Crippen molar-refractivity contribution in [2.75, 3.05) is 18.0 Å². The first kappa shape index (κ1) is 22.8. The van der Waals surface area contributed by atoms with Gasteiger partial charge in [-0.3, -0.25) is 4.98 Å². The zero-order valence-electron chi connectivity index (χ0n) is 20.7. The molecular formula is C28H28F2N6. The first-order valence-corrected chi connectivity index (χ1v) is 12.3. The maximum atomic E-state index is 13.5. The van der Waals surface area contributed by atoms with Gasteiger partial charge < -0.3 is 9.47 Å². The number of nitrogens with zero attached hydrogens (tertiary/aromatic N) is 6. The number of fused-ring (bicyclic) bond motifs is 2. The molecule has 2 aliphatic rings. The molecule has 4 heterocycles. The first-order chi connectivity index (χ1) is 17.2. The van der Waals surface area contributed by atoms with Crippen molar-refractivity contribution in [1.82, 2.24) is 24.5 Å². The van der Waals surface area contributed by atoms with E-state index < -0.39 is 5.92 Å². The largest absolute Gasteiger partial charge is 0.356 e. The van der Waals surface area contributed by atoms with Crippen molar-refractivity contribution in [1.29, 1.82) is 0 Å². The van der Waals surface area contributed by atoms with Crippen molar-refractivity contribution < 1.29 is 8.78 Å². The number of aromatic nitrogens is 5. The molecule has 6 rings (SSSR count). The molecule has 0 unspecified atom stereocenters. The lowest BCUT2D eigenvalue weighted by atomic mass is 10.0. The van der Waals surface area contributed by atoms with Crippen LogP contribution in [0.25, 0.3) is 27.9 Å². The Bertz CT molecular complexity index is 1470. The SMILES string of the molecule is CC(C)(C)n1cnc2ccc(C3=CCc4ncc(-c5ccc(N6CCC(F)(F)CC6)nc5)nc43)cc21. The average Bonchev–Trinajstić information content (AvgIpc) is 3.47. The molecule has 3 aromatic heterocycles. The highest BCUT2D eigenvalue weighted by Gasteiger charge is 2.34. The molecule has 0 bridgehead atoms. The molecule has 0 N–H and O–H groups in total. The highest BCUT2D eigenvalue weighted by atomic mass is 19.3. The van der Waals surface area contributed by atoms with Gasteiger partial charge in [0.15, 0.2) is 0 Å². The number of halogens is 2. The number of hydrogen-bond donors (Lipinski definition) is 0.